The second-order valence-electron chi connectivity index (χ2n) is 4.35. The van der Waals surface area contributed by atoms with Crippen LogP contribution in [0.4, 0.5) is 10.2 Å². The van der Waals surface area contributed by atoms with Gasteiger partial charge in [-0.05, 0) is 36.9 Å². The van der Waals surface area contributed by atoms with Crippen molar-refractivity contribution in [2.75, 3.05) is 18.0 Å². The maximum atomic E-state index is 12.9. The number of nitrogens with two attached hydrogens (primary N) is 1. The highest BCUT2D eigenvalue weighted by molar-refractivity contribution is 7.99. The van der Waals surface area contributed by atoms with Crippen LogP contribution in [0.2, 0.25) is 0 Å². The highest BCUT2D eigenvalue weighted by Crippen LogP contribution is 2.26. The fourth-order valence-electron chi connectivity index (χ4n) is 1.94. The summed E-state index contributed by atoms with van der Waals surface area (Å²) in [5.74, 6) is 1.15. The Kier molecular flexibility index (Phi) is 5.38. The summed E-state index contributed by atoms with van der Waals surface area (Å²) in [6.45, 7) is 2.91. The Morgan fingerprint density at radius 2 is 2.05 bits per heavy atom. The van der Waals surface area contributed by atoms with Gasteiger partial charge < -0.3 is 11.1 Å². The number of anilines is 1. The van der Waals surface area contributed by atoms with Gasteiger partial charge in [0.05, 0.1) is 0 Å². The van der Waals surface area contributed by atoms with Crippen LogP contribution in [-0.2, 0) is 0 Å². The number of thioether (sulfide) groups is 1. The number of hydrogen-bond acceptors (Lipinski definition) is 4. The molecule has 1 unspecified atom stereocenters. The first-order valence-corrected chi connectivity index (χ1v) is 7.51. The molecule has 0 saturated heterocycles. The molecule has 0 saturated carbocycles. The van der Waals surface area contributed by atoms with Gasteiger partial charge in [-0.25, -0.2) is 9.37 Å². The van der Waals surface area contributed by atoms with Crippen molar-refractivity contribution in [1.82, 2.24) is 10.3 Å². The molecule has 1 heterocycles. The van der Waals surface area contributed by atoms with Gasteiger partial charge >= 0.3 is 0 Å². The Hall–Kier alpha value is -1.59. The average molecular weight is 291 g/mol. The van der Waals surface area contributed by atoms with Crippen molar-refractivity contribution in [2.24, 2.45) is 0 Å². The molecule has 3 nitrogen and oxygen atoms in total. The molecule has 20 heavy (non-hydrogen) atoms. The van der Waals surface area contributed by atoms with Crippen LogP contribution in [0.1, 0.15) is 18.5 Å². The number of hydrogen-bond donors (Lipinski definition) is 2. The van der Waals surface area contributed by atoms with Gasteiger partial charge in [0, 0.05) is 28.5 Å². The van der Waals surface area contributed by atoms with Crippen LogP contribution in [-0.4, -0.2) is 17.3 Å². The third-order valence-corrected chi connectivity index (χ3v) is 4.03. The Bertz CT molecular complexity index is 545. The fraction of sp³-hybridized carbons (Fsp3) is 0.267. The van der Waals surface area contributed by atoms with Crippen LogP contribution >= 0.6 is 11.8 Å². The zero-order valence-electron chi connectivity index (χ0n) is 11.3. The summed E-state index contributed by atoms with van der Waals surface area (Å²) in [5, 5.41) is 3.41. The van der Waals surface area contributed by atoms with Crippen molar-refractivity contribution in [3.8, 4) is 0 Å². The summed E-state index contributed by atoms with van der Waals surface area (Å²) in [4.78, 5) is 5.17. The van der Waals surface area contributed by atoms with Gasteiger partial charge in [0.25, 0.3) is 0 Å². The SMILES string of the molecule is CCNC(CSc1ccc(F)cc1)c1cccnc1N. The van der Waals surface area contributed by atoms with E-state index in [2.05, 4.69) is 17.2 Å². The lowest BCUT2D eigenvalue weighted by Gasteiger charge is -2.19. The van der Waals surface area contributed by atoms with Crippen molar-refractivity contribution >= 4 is 17.6 Å². The molecule has 3 N–H and O–H groups in total. The Labute approximate surface area is 122 Å². The molecule has 0 aliphatic rings. The minimum absolute atomic E-state index is 0.128. The lowest BCUT2D eigenvalue weighted by Crippen LogP contribution is -2.24. The number of benzene rings is 1. The molecule has 2 aromatic rings. The smallest absolute Gasteiger partial charge is 0.128 e. The predicted octanol–water partition coefficient (Wildman–Crippen LogP) is 3.25. The molecule has 0 bridgehead atoms. The van der Waals surface area contributed by atoms with Gasteiger partial charge in [-0.3, -0.25) is 0 Å². The Morgan fingerprint density at radius 1 is 1.30 bits per heavy atom. The number of pyridine rings is 1. The van der Waals surface area contributed by atoms with E-state index in [0.717, 1.165) is 22.8 Å². The second-order valence-corrected chi connectivity index (χ2v) is 5.45. The van der Waals surface area contributed by atoms with Gasteiger partial charge in [-0.15, -0.1) is 11.8 Å². The van der Waals surface area contributed by atoms with Crippen LogP contribution in [0, 0.1) is 5.82 Å². The van der Waals surface area contributed by atoms with E-state index >= 15 is 0 Å². The molecule has 0 aliphatic carbocycles. The molecule has 0 fully saturated rings. The number of nitrogens with one attached hydrogen (secondary N) is 1. The first-order chi connectivity index (χ1) is 9.70. The maximum absolute atomic E-state index is 12.9. The van der Waals surface area contributed by atoms with Crippen molar-refractivity contribution in [1.29, 1.82) is 0 Å². The van der Waals surface area contributed by atoms with Crippen molar-refractivity contribution in [3.05, 3.63) is 54.0 Å². The molecule has 5 heteroatoms. The summed E-state index contributed by atoms with van der Waals surface area (Å²) in [7, 11) is 0. The lowest BCUT2D eigenvalue weighted by atomic mass is 10.1. The monoisotopic (exact) mass is 291 g/mol. The maximum Gasteiger partial charge on any atom is 0.128 e. The van der Waals surface area contributed by atoms with Gasteiger partial charge in [0.1, 0.15) is 11.6 Å². The van der Waals surface area contributed by atoms with E-state index in [-0.39, 0.29) is 11.9 Å². The van der Waals surface area contributed by atoms with Gasteiger partial charge in [0.15, 0.2) is 0 Å². The summed E-state index contributed by atoms with van der Waals surface area (Å²) in [6.07, 6.45) is 1.69. The second kappa shape index (κ2) is 7.26. The minimum atomic E-state index is -0.214. The number of nitrogen functional groups attached to an aromatic ring is 1. The number of nitrogens with zero attached hydrogens (tertiary/aromatic N) is 1. The third kappa shape index (κ3) is 3.95. The van der Waals surface area contributed by atoms with E-state index in [0.29, 0.717) is 5.82 Å². The highest BCUT2D eigenvalue weighted by atomic mass is 32.2. The summed E-state index contributed by atoms with van der Waals surface area (Å²) in [6, 6.07) is 10.5. The molecule has 2 rings (SSSR count). The van der Waals surface area contributed by atoms with Crippen LogP contribution in [0.15, 0.2) is 47.5 Å². The molecule has 1 aromatic heterocycles. The van der Waals surface area contributed by atoms with E-state index in [4.69, 9.17) is 5.73 Å². The molecule has 0 spiro atoms. The molecule has 1 aromatic carbocycles. The normalized spacial score (nSPS) is 12.3. The van der Waals surface area contributed by atoms with Gasteiger partial charge in [0.2, 0.25) is 0 Å². The summed E-state index contributed by atoms with van der Waals surface area (Å²) < 4.78 is 12.9. The predicted molar refractivity (Wildman–Crippen MR) is 82.2 cm³/mol. The summed E-state index contributed by atoms with van der Waals surface area (Å²) in [5.41, 5.74) is 6.93. The van der Waals surface area contributed by atoms with Gasteiger partial charge in [-0.2, -0.15) is 0 Å². The van der Waals surface area contributed by atoms with Crippen molar-refractivity contribution in [2.45, 2.75) is 17.9 Å². The number of rotatable bonds is 6. The molecular formula is C15H18FN3S. The van der Waals surface area contributed by atoms with Gasteiger partial charge in [-0.1, -0.05) is 13.0 Å². The van der Waals surface area contributed by atoms with Crippen LogP contribution in [0.3, 0.4) is 0 Å². The Morgan fingerprint density at radius 3 is 2.70 bits per heavy atom. The average Bonchev–Trinajstić information content (AvgIpc) is 2.46. The third-order valence-electron chi connectivity index (χ3n) is 2.93. The Balaban J connectivity index is 2.06. The zero-order valence-corrected chi connectivity index (χ0v) is 12.2. The molecule has 0 radical (unpaired) electrons. The van der Waals surface area contributed by atoms with Crippen LogP contribution in [0.25, 0.3) is 0 Å². The first-order valence-electron chi connectivity index (χ1n) is 6.53. The van der Waals surface area contributed by atoms with E-state index in [9.17, 15) is 4.39 Å². The summed E-state index contributed by atoms with van der Waals surface area (Å²) >= 11 is 1.67. The quantitative estimate of drug-likeness (QED) is 0.802. The highest BCUT2D eigenvalue weighted by Gasteiger charge is 2.14. The standard InChI is InChI=1S/C15H18FN3S/c1-2-18-14(13-4-3-9-19-15(13)17)10-20-12-7-5-11(16)6-8-12/h3-9,14,18H,2,10H2,1H3,(H2,17,19). The minimum Gasteiger partial charge on any atom is -0.383 e. The lowest BCUT2D eigenvalue weighted by molar-refractivity contribution is 0.606. The number of halogens is 1. The van der Waals surface area contributed by atoms with Crippen LogP contribution < -0.4 is 11.1 Å². The van der Waals surface area contributed by atoms with Crippen molar-refractivity contribution in [3.63, 3.8) is 0 Å². The molecule has 0 amide bonds. The molecule has 1 atom stereocenters. The van der Waals surface area contributed by atoms with Crippen LogP contribution in [0.5, 0.6) is 0 Å². The van der Waals surface area contributed by atoms with E-state index in [1.54, 1.807) is 30.1 Å². The fourth-order valence-corrected chi connectivity index (χ4v) is 2.93. The molecule has 106 valence electrons. The largest absolute Gasteiger partial charge is 0.383 e. The van der Waals surface area contributed by atoms with E-state index in [1.165, 1.54) is 12.1 Å². The van der Waals surface area contributed by atoms with Crippen molar-refractivity contribution < 1.29 is 4.39 Å². The van der Waals surface area contributed by atoms with E-state index in [1.807, 2.05) is 12.1 Å². The zero-order chi connectivity index (χ0) is 14.4. The molecule has 0 aliphatic heterocycles. The topological polar surface area (TPSA) is 50.9 Å². The van der Waals surface area contributed by atoms with E-state index < -0.39 is 0 Å². The molecular weight excluding hydrogens is 273 g/mol. The first kappa shape index (κ1) is 14.8. The number of aromatic nitrogens is 1.